The van der Waals surface area contributed by atoms with Crippen LogP contribution in [0.3, 0.4) is 0 Å². The molecular formula is C15H28N2O3. The van der Waals surface area contributed by atoms with Crippen LogP contribution in [0, 0.1) is 11.8 Å². The second kappa shape index (κ2) is 8.84. The molecule has 116 valence electrons. The first kappa shape index (κ1) is 18.8. The molecule has 0 aliphatic carbocycles. The molecule has 0 heterocycles. The van der Waals surface area contributed by atoms with Gasteiger partial charge in [-0.2, -0.15) is 0 Å². The number of Topliss-reactive ketones (excluding diaryl/α,β-unsaturated/α-hetero) is 2. The molecule has 2 unspecified atom stereocenters. The lowest BCUT2D eigenvalue weighted by Crippen LogP contribution is -2.45. The average molecular weight is 284 g/mol. The predicted molar refractivity (Wildman–Crippen MR) is 79.1 cm³/mol. The molecule has 0 radical (unpaired) electrons. The van der Waals surface area contributed by atoms with E-state index in [-0.39, 0.29) is 42.4 Å². The van der Waals surface area contributed by atoms with Crippen LogP contribution in [0.4, 0.5) is 0 Å². The third kappa shape index (κ3) is 7.38. The molecule has 0 aromatic carbocycles. The Hall–Kier alpha value is -1.23. The highest BCUT2D eigenvalue weighted by molar-refractivity contribution is 5.90. The van der Waals surface area contributed by atoms with Crippen molar-refractivity contribution >= 4 is 17.5 Å². The van der Waals surface area contributed by atoms with Crippen molar-refractivity contribution < 1.29 is 14.4 Å². The lowest BCUT2D eigenvalue weighted by molar-refractivity contribution is -0.129. The summed E-state index contributed by atoms with van der Waals surface area (Å²) in [5.41, 5.74) is 5.10. The van der Waals surface area contributed by atoms with E-state index in [9.17, 15) is 14.4 Å². The van der Waals surface area contributed by atoms with Crippen molar-refractivity contribution in [2.24, 2.45) is 17.6 Å². The van der Waals surface area contributed by atoms with Crippen molar-refractivity contribution in [2.75, 3.05) is 0 Å². The molecule has 0 aromatic rings. The van der Waals surface area contributed by atoms with Crippen molar-refractivity contribution in [3.8, 4) is 0 Å². The highest BCUT2D eigenvalue weighted by atomic mass is 16.1. The van der Waals surface area contributed by atoms with Gasteiger partial charge >= 0.3 is 0 Å². The van der Waals surface area contributed by atoms with Gasteiger partial charge in [-0.05, 0) is 19.3 Å². The maximum Gasteiger partial charge on any atom is 0.217 e. The van der Waals surface area contributed by atoms with E-state index in [1.54, 1.807) is 0 Å². The SMILES string of the molecule is CC(=O)C(CCC(N)=O)CC(=O)C(NC(C)C)C(C)C. The van der Waals surface area contributed by atoms with Crippen LogP contribution in [0.1, 0.15) is 53.9 Å². The van der Waals surface area contributed by atoms with Crippen LogP contribution >= 0.6 is 0 Å². The molecule has 5 nitrogen and oxygen atoms in total. The van der Waals surface area contributed by atoms with Gasteiger partial charge in [-0.15, -0.1) is 0 Å². The summed E-state index contributed by atoms with van der Waals surface area (Å²) >= 11 is 0. The molecule has 20 heavy (non-hydrogen) atoms. The van der Waals surface area contributed by atoms with E-state index in [0.717, 1.165) is 0 Å². The number of nitrogens with one attached hydrogen (secondary N) is 1. The molecule has 3 N–H and O–H groups in total. The van der Waals surface area contributed by atoms with E-state index in [1.807, 2.05) is 27.7 Å². The number of hydrogen-bond donors (Lipinski definition) is 2. The lowest BCUT2D eigenvalue weighted by atomic mass is 9.88. The fourth-order valence-electron chi connectivity index (χ4n) is 2.15. The second-order valence-electron chi connectivity index (χ2n) is 6.03. The van der Waals surface area contributed by atoms with E-state index < -0.39 is 11.8 Å². The Morgan fingerprint density at radius 3 is 2.00 bits per heavy atom. The largest absolute Gasteiger partial charge is 0.370 e. The number of rotatable bonds is 10. The van der Waals surface area contributed by atoms with Gasteiger partial charge < -0.3 is 11.1 Å². The van der Waals surface area contributed by atoms with Crippen LogP contribution in [0.5, 0.6) is 0 Å². The molecule has 0 fully saturated rings. The number of primary amides is 1. The van der Waals surface area contributed by atoms with Gasteiger partial charge in [0, 0.05) is 24.8 Å². The van der Waals surface area contributed by atoms with Gasteiger partial charge in [0.1, 0.15) is 5.78 Å². The number of carbonyl (C=O) groups excluding carboxylic acids is 3. The van der Waals surface area contributed by atoms with Crippen molar-refractivity contribution in [2.45, 2.75) is 66.0 Å². The molecule has 0 aromatic heterocycles. The molecule has 1 amide bonds. The molecule has 0 aliphatic heterocycles. The Kier molecular flexibility index (Phi) is 8.30. The van der Waals surface area contributed by atoms with E-state index in [2.05, 4.69) is 5.32 Å². The summed E-state index contributed by atoms with van der Waals surface area (Å²) in [6, 6.07) is -0.0572. The Labute approximate surface area is 121 Å². The number of nitrogens with two attached hydrogens (primary N) is 1. The zero-order valence-corrected chi connectivity index (χ0v) is 13.2. The highest BCUT2D eigenvalue weighted by Crippen LogP contribution is 2.17. The second-order valence-corrected chi connectivity index (χ2v) is 6.03. The topological polar surface area (TPSA) is 89.3 Å². The minimum atomic E-state index is -0.440. The Balaban J connectivity index is 4.70. The number of carbonyl (C=O) groups is 3. The van der Waals surface area contributed by atoms with Crippen LogP contribution in [0.25, 0.3) is 0 Å². The smallest absolute Gasteiger partial charge is 0.217 e. The summed E-state index contributed by atoms with van der Waals surface area (Å²) in [6.45, 7) is 9.38. The maximum atomic E-state index is 12.3. The Bertz CT molecular complexity index is 351. The molecule has 0 aliphatic rings. The summed E-state index contributed by atoms with van der Waals surface area (Å²) in [4.78, 5) is 34.7. The number of ketones is 2. The first-order chi connectivity index (χ1) is 9.15. The molecular weight excluding hydrogens is 256 g/mol. The normalized spacial score (nSPS) is 14.3. The van der Waals surface area contributed by atoms with Gasteiger partial charge in [-0.1, -0.05) is 27.7 Å². The summed E-state index contributed by atoms with van der Waals surface area (Å²) in [5, 5.41) is 3.24. The van der Waals surface area contributed by atoms with E-state index in [4.69, 9.17) is 5.73 Å². The first-order valence-electron chi connectivity index (χ1n) is 7.22. The number of hydrogen-bond acceptors (Lipinski definition) is 4. The minimum absolute atomic E-state index is 0.0263. The highest BCUT2D eigenvalue weighted by Gasteiger charge is 2.27. The third-order valence-electron chi connectivity index (χ3n) is 3.29. The molecule has 0 spiro atoms. The zero-order chi connectivity index (χ0) is 15.9. The third-order valence-corrected chi connectivity index (χ3v) is 3.29. The molecule has 0 rings (SSSR count). The van der Waals surface area contributed by atoms with Gasteiger partial charge in [0.2, 0.25) is 5.91 Å². The van der Waals surface area contributed by atoms with Crippen molar-refractivity contribution in [1.29, 1.82) is 0 Å². The van der Waals surface area contributed by atoms with Crippen LogP contribution < -0.4 is 11.1 Å². The molecule has 0 saturated carbocycles. The zero-order valence-electron chi connectivity index (χ0n) is 13.2. The van der Waals surface area contributed by atoms with Crippen LogP contribution in [0.15, 0.2) is 0 Å². The van der Waals surface area contributed by atoms with Gasteiger partial charge in [-0.25, -0.2) is 0 Å². The monoisotopic (exact) mass is 284 g/mol. The summed E-state index contributed by atoms with van der Waals surface area (Å²) in [5.74, 6) is -0.728. The lowest BCUT2D eigenvalue weighted by Gasteiger charge is -2.25. The van der Waals surface area contributed by atoms with Crippen LogP contribution in [0.2, 0.25) is 0 Å². The summed E-state index contributed by atoms with van der Waals surface area (Å²) < 4.78 is 0. The van der Waals surface area contributed by atoms with Crippen molar-refractivity contribution in [3.05, 3.63) is 0 Å². The average Bonchev–Trinajstić information content (AvgIpc) is 2.29. The quantitative estimate of drug-likeness (QED) is 0.635. The molecule has 2 atom stereocenters. The Morgan fingerprint density at radius 2 is 1.65 bits per heavy atom. The fourth-order valence-corrected chi connectivity index (χ4v) is 2.15. The minimum Gasteiger partial charge on any atom is -0.370 e. The maximum absolute atomic E-state index is 12.3. The molecule has 0 bridgehead atoms. The van der Waals surface area contributed by atoms with Gasteiger partial charge in [0.05, 0.1) is 6.04 Å². The summed E-state index contributed by atoms with van der Waals surface area (Å²) in [7, 11) is 0. The molecule has 5 heteroatoms. The first-order valence-corrected chi connectivity index (χ1v) is 7.22. The van der Waals surface area contributed by atoms with Crippen LogP contribution in [-0.2, 0) is 14.4 Å². The standard InChI is InChI=1S/C15H28N2O3/c1-9(2)15(17-10(3)4)13(19)8-12(11(5)18)6-7-14(16)20/h9-10,12,15,17H,6-8H2,1-5H3,(H2,16,20). The van der Waals surface area contributed by atoms with E-state index >= 15 is 0 Å². The van der Waals surface area contributed by atoms with Crippen LogP contribution in [-0.4, -0.2) is 29.6 Å². The summed E-state index contributed by atoms with van der Waals surface area (Å²) in [6.07, 6.45) is 0.662. The van der Waals surface area contributed by atoms with E-state index in [0.29, 0.717) is 6.42 Å². The van der Waals surface area contributed by atoms with Crippen molar-refractivity contribution in [3.63, 3.8) is 0 Å². The van der Waals surface area contributed by atoms with E-state index in [1.165, 1.54) is 6.92 Å². The van der Waals surface area contributed by atoms with Gasteiger partial charge in [-0.3, -0.25) is 14.4 Å². The Morgan fingerprint density at radius 1 is 1.10 bits per heavy atom. The number of amides is 1. The van der Waals surface area contributed by atoms with Gasteiger partial charge in [0.15, 0.2) is 5.78 Å². The fraction of sp³-hybridized carbons (Fsp3) is 0.800. The predicted octanol–water partition coefficient (Wildman–Crippen LogP) is 1.44. The molecule has 0 saturated heterocycles. The van der Waals surface area contributed by atoms with Crippen molar-refractivity contribution in [1.82, 2.24) is 5.32 Å². The van der Waals surface area contributed by atoms with Gasteiger partial charge in [0.25, 0.3) is 0 Å².